The van der Waals surface area contributed by atoms with Crippen LogP contribution in [-0.4, -0.2) is 39.3 Å². The van der Waals surface area contributed by atoms with Crippen molar-refractivity contribution in [2.75, 3.05) is 0 Å². The summed E-state index contributed by atoms with van der Waals surface area (Å²) in [6.45, 7) is 3.36. The van der Waals surface area contributed by atoms with Gasteiger partial charge in [0, 0.05) is 31.1 Å². The van der Waals surface area contributed by atoms with Crippen molar-refractivity contribution < 1.29 is 0 Å². The summed E-state index contributed by atoms with van der Waals surface area (Å²) in [4.78, 5) is 32.3. The fraction of sp³-hybridized carbons (Fsp3) is 0.419. The fourth-order valence-electron chi connectivity index (χ4n) is 6.33. The van der Waals surface area contributed by atoms with Crippen molar-refractivity contribution in [1.29, 1.82) is 0 Å². The number of aromatic nitrogens is 8. The van der Waals surface area contributed by atoms with Crippen LogP contribution >= 0.6 is 0 Å². The molecule has 0 aliphatic heterocycles. The number of hydrogen-bond acceptors (Lipinski definition) is 6. The van der Waals surface area contributed by atoms with Crippen molar-refractivity contribution in [2.45, 2.75) is 77.4 Å². The first-order valence-corrected chi connectivity index (χ1v) is 14.8. The van der Waals surface area contributed by atoms with E-state index in [1.54, 1.807) is 4.57 Å². The highest BCUT2D eigenvalue weighted by Crippen LogP contribution is 2.35. The van der Waals surface area contributed by atoms with Gasteiger partial charge in [-0.3, -0.25) is 13.9 Å². The largest absolute Gasteiger partial charge is 0.332 e. The highest BCUT2D eigenvalue weighted by atomic mass is 16.2. The van der Waals surface area contributed by atoms with Gasteiger partial charge in [0.15, 0.2) is 17.0 Å². The average Bonchev–Trinajstić information content (AvgIpc) is 3.51. The SMILES string of the molecule is CCn1c(=O)c2c(nc(C3CCCCC3)n2Cc2ccc(-c3ccccc3-c3nnn[nH]3)cc2)n(CC2CC2)c1=O. The zero-order chi connectivity index (χ0) is 27.9. The Bertz CT molecular complexity index is 1800. The molecule has 2 aliphatic carbocycles. The summed E-state index contributed by atoms with van der Waals surface area (Å²) < 4.78 is 5.27. The van der Waals surface area contributed by atoms with E-state index in [1.165, 1.54) is 11.0 Å². The van der Waals surface area contributed by atoms with Gasteiger partial charge in [0.1, 0.15) is 5.82 Å². The number of H-pyrrole nitrogens is 1. The standard InChI is InChI=1S/C31H34N8O2/c1-2-37-30(40)26-29(39(31(37)41)19-20-12-13-20)32-28(23-8-4-3-5-9-23)38(26)18-21-14-16-22(17-15-21)24-10-6-7-11-25(24)27-33-35-36-34-27/h6-7,10-11,14-17,20,23H,2-5,8-9,12-13,18-19H2,1H3,(H,33,34,35,36). The lowest BCUT2D eigenvalue weighted by Crippen LogP contribution is -2.40. The third-order valence-electron chi connectivity index (χ3n) is 8.70. The molecule has 0 radical (unpaired) electrons. The van der Waals surface area contributed by atoms with E-state index in [1.807, 2.05) is 25.1 Å². The second-order valence-corrected chi connectivity index (χ2v) is 11.4. The number of aromatic amines is 1. The smallest absolute Gasteiger partial charge is 0.317 e. The van der Waals surface area contributed by atoms with Gasteiger partial charge >= 0.3 is 5.69 Å². The normalized spacial score (nSPS) is 16.0. The summed E-state index contributed by atoms with van der Waals surface area (Å²) in [5.41, 5.74) is 4.73. The number of fused-ring (bicyclic) bond motifs is 1. The molecule has 2 saturated carbocycles. The minimum absolute atomic E-state index is 0.235. The van der Waals surface area contributed by atoms with Crippen molar-refractivity contribution in [3.8, 4) is 22.5 Å². The van der Waals surface area contributed by atoms with E-state index in [2.05, 4.69) is 55.5 Å². The summed E-state index contributed by atoms with van der Waals surface area (Å²) >= 11 is 0. The molecular formula is C31H34N8O2. The summed E-state index contributed by atoms with van der Waals surface area (Å²) in [7, 11) is 0. The van der Waals surface area contributed by atoms with Crippen molar-refractivity contribution in [3.05, 3.63) is 80.8 Å². The van der Waals surface area contributed by atoms with Gasteiger partial charge in [0.25, 0.3) is 5.56 Å². The van der Waals surface area contributed by atoms with E-state index in [0.717, 1.165) is 66.6 Å². The van der Waals surface area contributed by atoms with E-state index in [9.17, 15) is 9.59 Å². The van der Waals surface area contributed by atoms with E-state index < -0.39 is 0 Å². The zero-order valence-corrected chi connectivity index (χ0v) is 23.3. The first kappa shape index (κ1) is 25.6. The zero-order valence-electron chi connectivity index (χ0n) is 23.3. The number of nitrogens with one attached hydrogen (secondary N) is 1. The third-order valence-corrected chi connectivity index (χ3v) is 8.70. The van der Waals surface area contributed by atoms with Crippen LogP contribution in [0.1, 0.15) is 69.2 Å². The molecule has 0 atom stereocenters. The molecule has 210 valence electrons. The Morgan fingerprint density at radius 1 is 0.878 bits per heavy atom. The summed E-state index contributed by atoms with van der Waals surface area (Å²) in [6.07, 6.45) is 7.93. The van der Waals surface area contributed by atoms with Crippen LogP contribution in [0, 0.1) is 5.92 Å². The molecule has 2 aliphatic rings. The first-order chi connectivity index (χ1) is 20.1. The van der Waals surface area contributed by atoms with Crippen LogP contribution in [0.5, 0.6) is 0 Å². The van der Waals surface area contributed by atoms with Crippen molar-refractivity contribution in [2.24, 2.45) is 5.92 Å². The fourth-order valence-corrected chi connectivity index (χ4v) is 6.33. The van der Waals surface area contributed by atoms with Crippen LogP contribution in [-0.2, 0) is 19.6 Å². The van der Waals surface area contributed by atoms with Gasteiger partial charge in [-0.15, -0.1) is 5.10 Å². The molecule has 10 heteroatoms. The van der Waals surface area contributed by atoms with Crippen molar-refractivity contribution >= 4 is 11.2 Å². The van der Waals surface area contributed by atoms with Gasteiger partial charge in [0.2, 0.25) is 0 Å². The molecule has 2 fully saturated rings. The Balaban J connectivity index is 1.32. The third kappa shape index (κ3) is 4.71. The van der Waals surface area contributed by atoms with Crippen LogP contribution in [0.4, 0.5) is 0 Å². The maximum Gasteiger partial charge on any atom is 0.332 e. The second kappa shape index (κ2) is 10.6. The molecule has 1 N–H and O–H groups in total. The van der Waals surface area contributed by atoms with Gasteiger partial charge in [-0.1, -0.05) is 67.8 Å². The summed E-state index contributed by atoms with van der Waals surface area (Å²) in [5, 5.41) is 14.4. The number of imidazole rings is 1. The topological polar surface area (TPSA) is 116 Å². The van der Waals surface area contributed by atoms with Gasteiger partial charge in [0.05, 0.1) is 0 Å². The van der Waals surface area contributed by atoms with Crippen LogP contribution in [0.15, 0.2) is 58.1 Å². The van der Waals surface area contributed by atoms with Gasteiger partial charge < -0.3 is 4.57 Å². The van der Waals surface area contributed by atoms with Crippen LogP contribution in [0.2, 0.25) is 0 Å². The molecule has 10 nitrogen and oxygen atoms in total. The molecule has 0 bridgehead atoms. The maximum absolute atomic E-state index is 13.8. The molecule has 0 saturated heterocycles. The Kier molecular flexibility index (Phi) is 6.60. The lowest BCUT2D eigenvalue weighted by Gasteiger charge is -2.22. The average molecular weight is 551 g/mol. The Morgan fingerprint density at radius 2 is 1.63 bits per heavy atom. The number of rotatable bonds is 8. The Morgan fingerprint density at radius 3 is 2.32 bits per heavy atom. The number of hydrogen-bond donors (Lipinski definition) is 1. The molecule has 0 amide bonds. The summed E-state index contributed by atoms with van der Waals surface area (Å²) in [5.74, 6) is 2.35. The van der Waals surface area contributed by atoms with Crippen LogP contribution in [0.3, 0.4) is 0 Å². The van der Waals surface area contributed by atoms with Gasteiger partial charge in [-0.2, -0.15) is 0 Å². The Hall–Kier alpha value is -4.34. The highest BCUT2D eigenvalue weighted by molar-refractivity contribution is 5.80. The second-order valence-electron chi connectivity index (χ2n) is 11.4. The predicted molar refractivity (Wildman–Crippen MR) is 157 cm³/mol. The Labute approximate surface area is 237 Å². The van der Waals surface area contributed by atoms with E-state index in [0.29, 0.717) is 42.5 Å². The molecule has 0 unspecified atom stereocenters. The summed E-state index contributed by atoms with van der Waals surface area (Å²) in [6, 6.07) is 16.5. The van der Waals surface area contributed by atoms with Crippen LogP contribution in [0.25, 0.3) is 33.7 Å². The quantitative estimate of drug-likeness (QED) is 0.299. The van der Waals surface area contributed by atoms with E-state index >= 15 is 0 Å². The molecule has 3 aromatic heterocycles. The monoisotopic (exact) mass is 550 g/mol. The first-order valence-electron chi connectivity index (χ1n) is 14.8. The minimum atomic E-state index is -0.236. The molecular weight excluding hydrogens is 516 g/mol. The molecule has 7 rings (SSSR count). The number of benzene rings is 2. The predicted octanol–water partition coefficient (Wildman–Crippen LogP) is 4.73. The van der Waals surface area contributed by atoms with E-state index in [4.69, 9.17) is 4.98 Å². The molecule has 41 heavy (non-hydrogen) atoms. The molecule has 5 aromatic rings. The molecule has 3 heterocycles. The van der Waals surface area contributed by atoms with Crippen molar-refractivity contribution in [3.63, 3.8) is 0 Å². The van der Waals surface area contributed by atoms with Crippen LogP contribution < -0.4 is 11.2 Å². The highest BCUT2D eigenvalue weighted by Gasteiger charge is 2.29. The number of tetrazole rings is 1. The molecule has 2 aromatic carbocycles. The number of nitrogens with zero attached hydrogens (tertiary/aromatic N) is 7. The van der Waals surface area contributed by atoms with Gasteiger partial charge in [-0.05, 0) is 65.6 Å². The maximum atomic E-state index is 13.8. The minimum Gasteiger partial charge on any atom is -0.317 e. The lowest BCUT2D eigenvalue weighted by molar-refractivity contribution is 0.419. The van der Waals surface area contributed by atoms with Gasteiger partial charge in [-0.25, -0.2) is 14.9 Å². The van der Waals surface area contributed by atoms with E-state index in [-0.39, 0.29) is 17.2 Å². The molecule has 0 spiro atoms. The van der Waals surface area contributed by atoms with Crippen molar-refractivity contribution in [1.82, 2.24) is 39.3 Å². The lowest BCUT2D eigenvalue weighted by atomic mass is 9.88.